The third kappa shape index (κ3) is 1.58. The fraction of sp³-hybridized carbons (Fsp3) is 0.214. The number of hydrogen-bond donors (Lipinski definition) is 2. The van der Waals surface area contributed by atoms with Crippen LogP contribution >= 0.6 is 12.2 Å². The van der Waals surface area contributed by atoms with E-state index in [0.29, 0.717) is 16.2 Å². The lowest BCUT2D eigenvalue weighted by Crippen LogP contribution is -2.26. The molecule has 0 saturated carbocycles. The average molecular weight is 284 g/mol. The van der Waals surface area contributed by atoms with Crippen LogP contribution in [0.5, 0.6) is 0 Å². The van der Waals surface area contributed by atoms with Gasteiger partial charge in [0.05, 0.1) is 11.1 Å². The number of aromatic nitrogens is 4. The number of aryl methyl sites for hydroxylation is 2. The second-order valence-corrected chi connectivity index (χ2v) is 5.38. The largest absolute Gasteiger partial charge is 0.307 e. The summed E-state index contributed by atoms with van der Waals surface area (Å²) in [6.07, 6.45) is 2.02. The first-order chi connectivity index (χ1) is 9.74. The Balaban J connectivity index is 2.13. The molecule has 1 aliphatic rings. The van der Waals surface area contributed by atoms with Gasteiger partial charge in [0.1, 0.15) is 0 Å². The van der Waals surface area contributed by atoms with Gasteiger partial charge in [0, 0.05) is 6.54 Å². The van der Waals surface area contributed by atoms with Crippen molar-refractivity contribution in [3.63, 3.8) is 0 Å². The number of nitrogens with zero attached hydrogens (tertiary/aromatic N) is 2. The molecule has 2 N–H and O–H groups in total. The fourth-order valence-corrected chi connectivity index (χ4v) is 3.07. The molecule has 0 aliphatic carbocycles. The van der Waals surface area contributed by atoms with Crippen LogP contribution in [0.3, 0.4) is 0 Å². The van der Waals surface area contributed by atoms with Gasteiger partial charge in [-0.25, -0.2) is 0 Å². The van der Waals surface area contributed by atoms with E-state index in [1.165, 1.54) is 5.56 Å². The normalized spacial score (nSPS) is 13.8. The molecule has 0 atom stereocenters. The molecule has 0 radical (unpaired) electrons. The number of pyridine rings is 1. The van der Waals surface area contributed by atoms with Gasteiger partial charge < -0.3 is 4.57 Å². The summed E-state index contributed by atoms with van der Waals surface area (Å²) in [6, 6.07) is 8.06. The quantitative estimate of drug-likeness (QED) is 0.674. The second-order valence-electron chi connectivity index (χ2n) is 4.99. The van der Waals surface area contributed by atoms with Crippen LogP contribution in [-0.4, -0.2) is 19.7 Å². The van der Waals surface area contributed by atoms with Crippen LogP contribution in [-0.2, 0) is 13.0 Å². The van der Waals surface area contributed by atoms with E-state index < -0.39 is 0 Å². The monoisotopic (exact) mass is 284 g/mol. The molecule has 0 unspecified atom stereocenters. The van der Waals surface area contributed by atoms with Gasteiger partial charge in [0.2, 0.25) is 4.77 Å². The summed E-state index contributed by atoms with van der Waals surface area (Å²) in [4.78, 5) is 16.8. The highest BCUT2D eigenvalue weighted by atomic mass is 32.1. The molecule has 0 fully saturated rings. The van der Waals surface area contributed by atoms with E-state index in [4.69, 9.17) is 12.2 Å². The van der Waals surface area contributed by atoms with Gasteiger partial charge in [-0.1, -0.05) is 18.2 Å². The lowest BCUT2D eigenvalue weighted by molar-refractivity contribution is 0.616. The van der Waals surface area contributed by atoms with Gasteiger partial charge in [-0.3, -0.25) is 15.0 Å². The molecule has 1 aromatic carbocycles. The van der Waals surface area contributed by atoms with Gasteiger partial charge in [0.25, 0.3) is 5.56 Å². The van der Waals surface area contributed by atoms with Crippen molar-refractivity contribution in [1.82, 2.24) is 19.7 Å². The summed E-state index contributed by atoms with van der Waals surface area (Å²) in [5, 5.41) is 6.66. The molecule has 1 aliphatic heterocycles. The van der Waals surface area contributed by atoms with Crippen LogP contribution in [0.15, 0.2) is 29.1 Å². The first-order valence-electron chi connectivity index (χ1n) is 6.54. The SMILES string of the molecule is O=c1c(-c2nc(=S)[nH][nH]2)cc2cccc3c2n1CCC3. The molecule has 5 nitrogen and oxygen atoms in total. The Morgan fingerprint density at radius 1 is 1.30 bits per heavy atom. The summed E-state index contributed by atoms with van der Waals surface area (Å²) in [5.41, 5.74) is 2.85. The standard InChI is InChI=1S/C14H12N4OS/c19-13-10(12-15-14(20)17-16-12)7-9-4-1-3-8-5-2-6-18(13)11(8)9/h1,3-4,7H,2,5-6H2,(H2,15,16,17,20). The Bertz CT molecular complexity index is 934. The van der Waals surface area contributed by atoms with Crippen molar-refractivity contribution >= 4 is 23.1 Å². The molecular weight excluding hydrogens is 272 g/mol. The van der Waals surface area contributed by atoms with E-state index >= 15 is 0 Å². The molecule has 0 saturated heterocycles. The van der Waals surface area contributed by atoms with Crippen LogP contribution in [0.25, 0.3) is 22.3 Å². The van der Waals surface area contributed by atoms with Crippen LogP contribution in [0.4, 0.5) is 0 Å². The third-order valence-electron chi connectivity index (χ3n) is 3.78. The first-order valence-corrected chi connectivity index (χ1v) is 6.95. The van der Waals surface area contributed by atoms with Crippen molar-refractivity contribution in [2.24, 2.45) is 0 Å². The molecular formula is C14H12N4OS. The fourth-order valence-electron chi connectivity index (χ4n) is 2.93. The van der Waals surface area contributed by atoms with Gasteiger partial charge in [-0.2, -0.15) is 4.98 Å². The van der Waals surface area contributed by atoms with E-state index in [1.807, 2.05) is 22.8 Å². The zero-order valence-electron chi connectivity index (χ0n) is 10.6. The number of benzene rings is 1. The lowest BCUT2D eigenvalue weighted by Gasteiger charge is -2.19. The highest BCUT2D eigenvalue weighted by Gasteiger charge is 2.17. The molecule has 20 heavy (non-hydrogen) atoms. The molecule has 2 aromatic heterocycles. The minimum absolute atomic E-state index is 0.0117. The van der Waals surface area contributed by atoms with Gasteiger partial charge in [0.15, 0.2) is 5.82 Å². The maximum Gasteiger partial charge on any atom is 0.262 e. The molecule has 0 spiro atoms. The minimum Gasteiger partial charge on any atom is -0.307 e. The van der Waals surface area contributed by atoms with Crippen LogP contribution < -0.4 is 5.56 Å². The summed E-state index contributed by atoms with van der Waals surface area (Å²) < 4.78 is 2.21. The zero-order valence-corrected chi connectivity index (χ0v) is 11.5. The predicted octanol–water partition coefficient (Wildman–Crippen LogP) is 2.40. The van der Waals surface area contributed by atoms with Crippen molar-refractivity contribution < 1.29 is 0 Å². The first kappa shape index (κ1) is 11.6. The van der Waals surface area contributed by atoms with E-state index in [1.54, 1.807) is 0 Å². The van der Waals surface area contributed by atoms with E-state index in [0.717, 1.165) is 30.3 Å². The molecule has 4 rings (SSSR count). The van der Waals surface area contributed by atoms with Crippen molar-refractivity contribution in [2.45, 2.75) is 19.4 Å². The average Bonchev–Trinajstić information content (AvgIpc) is 2.89. The Kier molecular flexibility index (Phi) is 2.40. The number of H-pyrrole nitrogens is 2. The zero-order chi connectivity index (χ0) is 13.7. The van der Waals surface area contributed by atoms with Gasteiger partial charge in [-0.15, -0.1) is 0 Å². The van der Waals surface area contributed by atoms with Crippen molar-refractivity contribution in [1.29, 1.82) is 0 Å². The third-order valence-corrected chi connectivity index (χ3v) is 3.97. The topological polar surface area (TPSA) is 66.5 Å². The maximum absolute atomic E-state index is 12.7. The summed E-state index contributed by atoms with van der Waals surface area (Å²) in [7, 11) is 0. The van der Waals surface area contributed by atoms with Crippen LogP contribution in [0.1, 0.15) is 12.0 Å². The Morgan fingerprint density at radius 2 is 2.20 bits per heavy atom. The number of hydrogen-bond acceptors (Lipinski definition) is 3. The minimum atomic E-state index is -0.0117. The Labute approximate surface area is 119 Å². The van der Waals surface area contributed by atoms with E-state index in [-0.39, 0.29) is 5.56 Å². The van der Waals surface area contributed by atoms with Crippen LogP contribution in [0.2, 0.25) is 0 Å². The number of para-hydroxylation sites is 1. The lowest BCUT2D eigenvalue weighted by atomic mass is 10.00. The van der Waals surface area contributed by atoms with Gasteiger partial charge in [-0.05, 0) is 42.1 Å². The number of aromatic amines is 2. The predicted molar refractivity (Wildman–Crippen MR) is 79.3 cm³/mol. The molecule has 0 amide bonds. The van der Waals surface area contributed by atoms with Crippen molar-refractivity contribution in [2.75, 3.05) is 0 Å². The molecule has 0 bridgehead atoms. The highest BCUT2D eigenvalue weighted by Crippen LogP contribution is 2.25. The number of nitrogens with one attached hydrogen (secondary N) is 2. The number of rotatable bonds is 1. The second kappa shape index (κ2) is 4.14. The van der Waals surface area contributed by atoms with E-state index in [9.17, 15) is 4.79 Å². The molecule has 3 aromatic rings. The highest BCUT2D eigenvalue weighted by molar-refractivity contribution is 7.71. The van der Waals surface area contributed by atoms with Gasteiger partial charge >= 0.3 is 0 Å². The van der Waals surface area contributed by atoms with E-state index in [2.05, 4.69) is 21.2 Å². The Hall–Kier alpha value is -2.21. The molecule has 3 heterocycles. The smallest absolute Gasteiger partial charge is 0.262 e. The Morgan fingerprint density at radius 3 is 3.00 bits per heavy atom. The van der Waals surface area contributed by atoms with Crippen molar-refractivity contribution in [3.05, 3.63) is 45.0 Å². The maximum atomic E-state index is 12.7. The summed E-state index contributed by atoms with van der Waals surface area (Å²) >= 11 is 4.96. The van der Waals surface area contributed by atoms with Crippen molar-refractivity contribution in [3.8, 4) is 11.4 Å². The van der Waals surface area contributed by atoms with Crippen LogP contribution in [0, 0.1) is 4.77 Å². The molecule has 6 heteroatoms. The summed E-state index contributed by atoms with van der Waals surface area (Å²) in [6.45, 7) is 0.755. The molecule has 100 valence electrons. The summed E-state index contributed by atoms with van der Waals surface area (Å²) in [5.74, 6) is 0.502.